The van der Waals surface area contributed by atoms with Crippen LogP contribution in [-0.4, -0.2) is 49.2 Å². The Hall–Kier alpha value is -1.31. The van der Waals surface area contributed by atoms with E-state index in [4.69, 9.17) is 0 Å². The quantitative estimate of drug-likeness (QED) is 0.814. The Kier molecular flexibility index (Phi) is 5.59. The first-order chi connectivity index (χ1) is 8.82. The van der Waals surface area contributed by atoms with E-state index in [1.165, 1.54) is 4.90 Å². The standard InChI is InChI=1S/C11H18F3N3O2/c1-2-15-10(19)16-9(18)7-17-5-3-4-8(6-17)11(12,13)14/h8H,2-7H2,1H3,(H2,15,16,18,19). The summed E-state index contributed by atoms with van der Waals surface area (Å²) in [6.07, 6.45) is -3.73. The Morgan fingerprint density at radius 3 is 2.63 bits per heavy atom. The van der Waals surface area contributed by atoms with Crippen LogP contribution in [0.5, 0.6) is 0 Å². The van der Waals surface area contributed by atoms with Crippen molar-refractivity contribution < 1.29 is 22.8 Å². The lowest BCUT2D eigenvalue weighted by Gasteiger charge is -2.33. The molecule has 1 fully saturated rings. The molecule has 5 nitrogen and oxygen atoms in total. The van der Waals surface area contributed by atoms with E-state index in [0.717, 1.165) is 0 Å². The first-order valence-electron chi connectivity index (χ1n) is 6.19. The molecule has 19 heavy (non-hydrogen) atoms. The van der Waals surface area contributed by atoms with Crippen LogP contribution in [0.3, 0.4) is 0 Å². The second-order valence-corrected chi connectivity index (χ2v) is 4.52. The third-order valence-corrected chi connectivity index (χ3v) is 2.93. The SMILES string of the molecule is CCNC(=O)NC(=O)CN1CCCC(C(F)(F)F)C1. The van der Waals surface area contributed by atoms with Gasteiger partial charge in [0.1, 0.15) is 0 Å². The zero-order valence-corrected chi connectivity index (χ0v) is 10.7. The summed E-state index contributed by atoms with van der Waals surface area (Å²) < 4.78 is 37.7. The van der Waals surface area contributed by atoms with Crippen LogP contribution in [0.1, 0.15) is 19.8 Å². The number of carbonyl (C=O) groups excluding carboxylic acids is 2. The third kappa shape index (κ3) is 5.46. The third-order valence-electron chi connectivity index (χ3n) is 2.93. The van der Waals surface area contributed by atoms with Crippen molar-refractivity contribution in [3.8, 4) is 0 Å². The molecule has 0 spiro atoms. The fourth-order valence-electron chi connectivity index (χ4n) is 2.04. The minimum atomic E-state index is -4.23. The highest BCUT2D eigenvalue weighted by Gasteiger charge is 2.41. The van der Waals surface area contributed by atoms with Gasteiger partial charge < -0.3 is 5.32 Å². The first-order valence-corrected chi connectivity index (χ1v) is 6.19. The average Bonchev–Trinajstić information content (AvgIpc) is 2.28. The highest BCUT2D eigenvalue weighted by atomic mass is 19.4. The summed E-state index contributed by atoms with van der Waals surface area (Å²) in [5.41, 5.74) is 0. The van der Waals surface area contributed by atoms with Gasteiger partial charge in [-0.1, -0.05) is 0 Å². The molecule has 1 rings (SSSR count). The van der Waals surface area contributed by atoms with Gasteiger partial charge in [0, 0.05) is 13.1 Å². The van der Waals surface area contributed by atoms with Gasteiger partial charge in [0.15, 0.2) is 0 Å². The zero-order valence-electron chi connectivity index (χ0n) is 10.7. The predicted octanol–water partition coefficient (Wildman–Crippen LogP) is 1.11. The van der Waals surface area contributed by atoms with Gasteiger partial charge in [0.25, 0.3) is 0 Å². The molecule has 0 aromatic rings. The fraction of sp³-hybridized carbons (Fsp3) is 0.818. The van der Waals surface area contributed by atoms with Crippen molar-refractivity contribution in [1.29, 1.82) is 0 Å². The van der Waals surface area contributed by atoms with E-state index >= 15 is 0 Å². The van der Waals surface area contributed by atoms with Crippen LogP contribution in [-0.2, 0) is 4.79 Å². The van der Waals surface area contributed by atoms with Gasteiger partial charge in [-0.2, -0.15) is 13.2 Å². The molecule has 8 heteroatoms. The van der Waals surface area contributed by atoms with Crippen molar-refractivity contribution in [2.24, 2.45) is 5.92 Å². The fourth-order valence-corrected chi connectivity index (χ4v) is 2.04. The molecule has 1 aliphatic heterocycles. The van der Waals surface area contributed by atoms with Crippen molar-refractivity contribution in [2.45, 2.75) is 25.9 Å². The predicted molar refractivity (Wildman–Crippen MR) is 62.4 cm³/mol. The molecule has 0 radical (unpaired) electrons. The number of nitrogens with zero attached hydrogens (tertiary/aromatic N) is 1. The van der Waals surface area contributed by atoms with E-state index in [2.05, 4.69) is 10.6 Å². The highest BCUT2D eigenvalue weighted by Crippen LogP contribution is 2.32. The topological polar surface area (TPSA) is 61.4 Å². The van der Waals surface area contributed by atoms with Crippen LogP contribution in [0.15, 0.2) is 0 Å². The van der Waals surface area contributed by atoms with E-state index in [9.17, 15) is 22.8 Å². The summed E-state index contributed by atoms with van der Waals surface area (Å²) in [4.78, 5) is 24.0. The van der Waals surface area contributed by atoms with Gasteiger partial charge in [-0.3, -0.25) is 15.0 Å². The monoisotopic (exact) mass is 281 g/mol. The van der Waals surface area contributed by atoms with Crippen LogP contribution in [0.4, 0.5) is 18.0 Å². The van der Waals surface area contributed by atoms with Crippen molar-refractivity contribution in [3.63, 3.8) is 0 Å². The molecule has 0 aliphatic carbocycles. The maximum absolute atomic E-state index is 12.6. The summed E-state index contributed by atoms with van der Waals surface area (Å²) in [5.74, 6) is -1.98. The van der Waals surface area contributed by atoms with E-state index in [0.29, 0.717) is 19.5 Å². The van der Waals surface area contributed by atoms with Crippen molar-refractivity contribution in [1.82, 2.24) is 15.5 Å². The van der Waals surface area contributed by atoms with Gasteiger partial charge in [0.2, 0.25) is 5.91 Å². The number of urea groups is 1. The molecule has 1 aliphatic rings. The average molecular weight is 281 g/mol. The van der Waals surface area contributed by atoms with Gasteiger partial charge >= 0.3 is 12.2 Å². The Labute approximate surface area is 109 Å². The molecule has 1 saturated heterocycles. The van der Waals surface area contributed by atoms with Crippen LogP contribution in [0.25, 0.3) is 0 Å². The lowest BCUT2D eigenvalue weighted by atomic mass is 9.97. The van der Waals surface area contributed by atoms with E-state index in [-0.39, 0.29) is 19.5 Å². The molecule has 0 bridgehead atoms. The highest BCUT2D eigenvalue weighted by molar-refractivity contribution is 5.95. The summed E-state index contributed by atoms with van der Waals surface area (Å²) >= 11 is 0. The molecule has 3 amide bonds. The molecule has 110 valence electrons. The molecular weight excluding hydrogens is 263 g/mol. The van der Waals surface area contributed by atoms with Gasteiger partial charge in [-0.15, -0.1) is 0 Å². The lowest BCUT2D eigenvalue weighted by Crippen LogP contribution is -2.48. The van der Waals surface area contributed by atoms with Crippen LogP contribution < -0.4 is 10.6 Å². The van der Waals surface area contributed by atoms with Gasteiger partial charge in [-0.25, -0.2) is 4.79 Å². The number of carbonyl (C=O) groups is 2. The number of amides is 3. The molecule has 0 aromatic carbocycles. The Balaban J connectivity index is 2.40. The second-order valence-electron chi connectivity index (χ2n) is 4.52. The molecule has 1 unspecified atom stereocenters. The number of hydrogen-bond acceptors (Lipinski definition) is 3. The normalized spacial score (nSPS) is 20.9. The smallest absolute Gasteiger partial charge is 0.338 e. The number of nitrogens with one attached hydrogen (secondary N) is 2. The lowest BCUT2D eigenvalue weighted by molar-refractivity contribution is -0.187. The van der Waals surface area contributed by atoms with Crippen molar-refractivity contribution >= 4 is 11.9 Å². The Bertz CT molecular complexity index is 334. The number of rotatable bonds is 3. The first kappa shape index (κ1) is 15.7. The molecule has 0 saturated carbocycles. The van der Waals surface area contributed by atoms with E-state index in [1.54, 1.807) is 6.92 Å². The Morgan fingerprint density at radius 1 is 1.37 bits per heavy atom. The summed E-state index contributed by atoms with van der Waals surface area (Å²) in [6, 6.07) is -0.628. The summed E-state index contributed by atoms with van der Waals surface area (Å²) in [5, 5.41) is 4.45. The molecule has 0 aromatic heterocycles. The largest absolute Gasteiger partial charge is 0.393 e. The summed E-state index contributed by atoms with van der Waals surface area (Å²) in [7, 11) is 0. The molecule has 1 atom stereocenters. The van der Waals surface area contributed by atoms with E-state index in [1.807, 2.05) is 0 Å². The Morgan fingerprint density at radius 2 is 2.05 bits per heavy atom. The van der Waals surface area contributed by atoms with Crippen molar-refractivity contribution in [3.05, 3.63) is 0 Å². The van der Waals surface area contributed by atoms with Crippen LogP contribution in [0, 0.1) is 5.92 Å². The maximum Gasteiger partial charge on any atom is 0.393 e. The number of imide groups is 1. The number of halogens is 3. The molecular formula is C11H18F3N3O2. The molecule has 1 heterocycles. The maximum atomic E-state index is 12.6. The number of likely N-dealkylation sites (tertiary alicyclic amines) is 1. The van der Waals surface area contributed by atoms with Crippen molar-refractivity contribution in [2.75, 3.05) is 26.2 Å². The molecule has 2 N–H and O–H groups in total. The number of hydrogen-bond donors (Lipinski definition) is 2. The van der Waals surface area contributed by atoms with Gasteiger partial charge in [-0.05, 0) is 26.3 Å². The number of piperidine rings is 1. The minimum absolute atomic E-state index is 0.0952. The van der Waals surface area contributed by atoms with E-state index < -0.39 is 24.0 Å². The zero-order chi connectivity index (χ0) is 14.5. The summed E-state index contributed by atoms with van der Waals surface area (Å²) in [6.45, 7) is 2.13. The second kappa shape index (κ2) is 6.74. The van der Waals surface area contributed by atoms with Crippen LogP contribution >= 0.6 is 0 Å². The number of alkyl halides is 3. The van der Waals surface area contributed by atoms with Gasteiger partial charge in [0.05, 0.1) is 12.5 Å². The van der Waals surface area contributed by atoms with Crippen LogP contribution in [0.2, 0.25) is 0 Å². The minimum Gasteiger partial charge on any atom is -0.338 e.